The van der Waals surface area contributed by atoms with E-state index in [1.54, 1.807) is 0 Å². The maximum absolute atomic E-state index is 5.76. The standard InChI is InChI=1S/C12H16BrNOS/c1-3-4-8(2)15-9-5-6-10(12(14)16)11(13)7-9/h5-8H,3-4H2,1-2H3,(H2,14,16). The molecule has 0 spiro atoms. The number of ether oxygens (including phenoxy) is 1. The molecule has 1 aromatic rings. The van der Waals surface area contributed by atoms with Crippen LogP contribution in [0.15, 0.2) is 22.7 Å². The van der Waals surface area contributed by atoms with Gasteiger partial charge in [0.05, 0.1) is 6.10 Å². The largest absolute Gasteiger partial charge is 0.491 e. The summed E-state index contributed by atoms with van der Waals surface area (Å²) >= 11 is 8.36. The Bertz CT molecular complexity index is 381. The second kappa shape index (κ2) is 6.21. The Hall–Kier alpha value is -0.610. The average Bonchev–Trinajstić information content (AvgIpc) is 2.17. The number of nitrogens with two attached hydrogens (primary N) is 1. The van der Waals surface area contributed by atoms with Crippen molar-refractivity contribution < 1.29 is 4.74 Å². The van der Waals surface area contributed by atoms with Gasteiger partial charge < -0.3 is 10.5 Å². The van der Waals surface area contributed by atoms with Crippen LogP contribution < -0.4 is 10.5 Å². The molecule has 1 atom stereocenters. The van der Waals surface area contributed by atoms with Gasteiger partial charge in [-0.3, -0.25) is 0 Å². The van der Waals surface area contributed by atoms with Crippen LogP contribution in [0.3, 0.4) is 0 Å². The lowest BCUT2D eigenvalue weighted by Gasteiger charge is -2.14. The predicted octanol–water partition coefficient (Wildman–Crippen LogP) is 3.65. The molecular formula is C12H16BrNOS. The smallest absolute Gasteiger partial charge is 0.120 e. The van der Waals surface area contributed by atoms with E-state index in [4.69, 9.17) is 22.7 Å². The van der Waals surface area contributed by atoms with Crippen molar-refractivity contribution in [2.24, 2.45) is 5.73 Å². The zero-order valence-corrected chi connectivity index (χ0v) is 11.9. The fraction of sp³-hybridized carbons (Fsp3) is 0.417. The summed E-state index contributed by atoms with van der Waals surface area (Å²) in [6.07, 6.45) is 2.40. The van der Waals surface area contributed by atoms with Crippen molar-refractivity contribution in [1.29, 1.82) is 0 Å². The molecule has 0 aliphatic carbocycles. The molecule has 2 N–H and O–H groups in total. The average molecular weight is 302 g/mol. The van der Waals surface area contributed by atoms with Crippen molar-refractivity contribution in [2.45, 2.75) is 32.8 Å². The van der Waals surface area contributed by atoms with E-state index in [0.717, 1.165) is 28.6 Å². The van der Waals surface area contributed by atoms with Crippen molar-refractivity contribution >= 4 is 33.1 Å². The Morgan fingerprint density at radius 2 is 2.25 bits per heavy atom. The van der Waals surface area contributed by atoms with E-state index < -0.39 is 0 Å². The molecule has 2 nitrogen and oxygen atoms in total. The summed E-state index contributed by atoms with van der Waals surface area (Å²) in [4.78, 5) is 0.389. The lowest BCUT2D eigenvalue weighted by molar-refractivity contribution is 0.210. The van der Waals surface area contributed by atoms with Crippen LogP contribution in [0.1, 0.15) is 32.3 Å². The van der Waals surface area contributed by atoms with Crippen molar-refractivity contribution in [1.82, 2.24) is 0 Å². The molecule has 0 heterocycles. The van der Waals surface area contributed by atoms with Gasteiger partial charge in [0, 0.05) is 10.0 Å². The third-order valence-corrected chi connectivity index (χ3v) is 3.11. The summed E-state index contributed by atoms with van der Waals surface area (Å²) in [6.45, 7) is 4.21. The van der Waals surface area contributed by atoms with Gasteiger partial charge in [-0.25, -0.2) is 0 Å². The van der Waals surface area contributed by atoms with Gasteiger partial charge in [-0.05, 0) is 47.5 Å². The molecule has 1 aromatic carbocycles. The first kappa shape index (κ1) is 13.5. The molecule has 0 amide bonds. The first-order valence-electron chi connectivity index (χ1n) is 5.30. The number of halogens is 1. The van der Waals surface area contributed by atoms with Gasteiger partial charge in [-0.2, -0.15) is 0 Å². The van der Waals surface area contributed by atoms with Crippen LogP contribution in [0.4, 0.5) is 0 Å². The fourth-order valence-corrected chi connectivity index (χ4v) is 2.35. The highest BCUT2D eigenvalue weighted by molar-refractivity contribution is 9.10. The van der Waals surface area contributed by atoms with E-state index in [0.29, 0.717) is 4.99 Å². The van der Waals surface area contributed by atoms with Crippen LogP contribution in [0.25, 0.3) is 0 Å². The normalized spacial score (nSPS) is 12.2. The molecular weight excluding hydrogens is 286 g/mol. The summed E-state index contributed by atoms with van der Waals surface area (Å²) in [6, 6.07) is 5.67. The zero-order valence-electron chi connectivity index (χ0n) is 9.50. The summed E-state index contributed by atoms with van der Waals surface area (Å²) in [5, 5.41) is 0. The monoisotopic (exact) mass is 301 g/mol. The predicted molar refractivity (Wildman–Crippen MR) is 75.0 cm³/mol. The van der Waals surface area contributed by atoms with Crippen LogP contribution in [-0.4, -0.2) is 11.1 Å². The van der Waals surface area contributed by atoms with Gasteiger partial charge in [0.1, 0.15) is 10.7 Å². The molecule has 0 aliphatic rings. The third kappa shape index (κ3) is 3.76. The Labute approximate surface area is 110 Å². The van der Waals surface area contributed by atoms with E-state index in [2.05, 4.69) is 29.8 Å². The minimum absolute atomic E-state index is 0.229. The Kier molecular flexibility index (Phi) is 5.22. The fourth-order valence-electron chi connectivity index (χ4n) is 1.47. The van der Waals surface area contributed by atoms with Crippen molar-refractivity contribution in [3.8, 4) is 5.75 Å². The van der Waals surface area contributed by atoms with Crippen LogP contribution in [0, 0.1) is 0 Å². The van der Waals surface area contributed by atoms with E-state index in [-0.39, 0.29) is 6.10 Å². The number of hydrogen-bond donors (Lipinski definition) is 1. The van der Waals surface area contributed by atoms with Crippen LogP contribution in [0.5, 0.6) is 5.75 Å². The van der Waals surface area contributed by atoms with Crippen LogP contribution >= 0.6 is 28.1 Å². The minimum Gasteiger partial charge on any atom is -0.491 e. The quantitative estimate of drug-likeness (QED) is 0.843. The molecule has 0 fully saturated rings. The van der Waals surface area contributed by atoms with Crippen LogP contribution in [0.2, 0.25) is 0 Å². The van der Waals surface area contributed by atoms with Crippen LogP contribution in [-0.2, 0) is 0 Å². The van der Waals surface area contributed by atoms with Gasteiger partial charge in [0.25, 0.3) is 0 Å². The summed E-state index contributed by atoms with van der Waals surface area (Å²) in [7, 11) is 0. The van der Waals surface area contributed by atoms with Gasteiger partial charge >= 0.3 is 0 Å². The topological polar surface area (TPSA) is 35.2 Å². The van der Waals surface area contributed by atoms with Gasteiger partial charge in [0.2, 0.25) is 0 Å². The molecule has 0 saturated carbocycles. The van der Waals surface area contributed by atoms with E-state index in [9.17, 15) is 0 Å². The molecule has 88 valence electrons. The lowest BCUT2D eigenvalue weighted by Crippen LogP contribution is -2.12. The maximum Gasteiger partial charge on any atom is 0.120 e. The van der Waals surface area contributed by atoms with Crippen molar-refractivity contribution in [2.75, 3.05) is 0 Å². The van der Waals surface area contributed by atoms with Gasteiger partial charge in [-0.1, -0.05) is 25.6 Å². The van der Waals surface area contributed by atoms with Gasteiger partial charge in [-0.15, -0.1) is 0 Å². The first-order chi connectivity index (χ1) is 7.54. The molecule has 1 rings (SSSR count). The van der Waals surface area contributed by atoms with Crippen molar-refractivity contribution in [3.05, 3.63) is 28.2 Å². The maximum atomic E-state index is 5.76. The number of thiocarbonyl (C=S) groups is 1. The Balaban J connectivity index is 2.77. The molecule has 4 heteroatoms. The summed E-state index contributed by atoms with van der Waals surface area (Å²) < 4.78 is 6.63. The molecule has 0 aliphatic heterocycles. The third-order valence-electron chi connectivity index (χ3n) is 2.24. The molecule has 0 saturated heterocycles. The highest BCUT2D eigenvalue weighted by atomic mass is 79.9. The Morgan fingerprint density at radius 1 is 1.56 bits per heavy atom. The van der Waals surface area contributed by atoms with Gasteiger partial charge in [0.15, 0.2) is 0 Å². The number of rotatable bonds is 5. The van der Waals surface area contributed by atoms with E-state index >= 15 is 0 Å². The highest BCUT2D eigenvalue weighted by Crippen LogP contribution is 2.24. The highest BCUT2D eigenvalue weighted by Gasteiger charge is 2.07. The summed E-state index contributed by atoms with van der Waals surface area (Å²) in [5.41, 5.74) is 6.41. The SMILES string of the molecule is CCCC(C)Oc1ccc(C(N)=S)c(Br)c1. The van der Waals surface area contributed by atoms with E-state index in [1.807, 2.05) is 18.2 Å². The molecule has 0 aromatic heterocycles. The zero-order chi connectivity index (χ0) is 12.1. The molecule has 16 heavy (non-hydrogen) atoms. The minimum atomic E-state index is 0.229. The molecule has 0 radical (unpaired) electrons. The second-order valence-electron chi connectivity index (χ2n) is 3.72. The lowest BCUT2D eigenvalue weighted by atomic mass is 10.2. The van der Waals surface area contributed by atoms with E-state index in [1.165, 1.54) is 0 Å². The number of hydrogen-bond acceptors (Lipinski definition) is 2. The first-order valence-corrected chi connectivity index (χ1v) is 6.50. The van der Waals surface area contributed by atoms with Crippen molar-refractivity contribution in [3.63, 3.8) is 0 Å². The molecule has 1 unspecified atom stereocenters. The second-order valence-corrected chi connectivity index (χ2v) is 5.02. The molecule has 0 bridgehead atoms. The number of benzene rings is 1. The summed E-state index contributed by atoms with van der Waals surface area (Å²) in [5.74, 6) is 0.841. The Morgan fingerprint density at radius 3 is 2.75 bits per heavy atom.